The number of aromatic nitrogens is 3. The van der Waals surface area contributed by atoms with E-state index >= 15 is 0 Å². The van der Waals surface area contributed by atoms with Crippen molar-refractivity contribution >= 4 is 17.7 Å². The minimum absolute atomic E-state index is 0.000208. The topological polar surface area (TPSA) is 85.8 Å². The first kappa shape index (κ1) is 14.3. The summed E-state index contributed by atoms with van der Waals surface area (Å²) in [7, 11) is 0. The number of nitrogens with one attached hydrogen (secondary N) is 1. The van der Waals surface area contributed by atoms with E-state index in [2.05, 4.69) is 21.9 Å². The van der Waals surface area contributed by atoms with Crippen LogP contribution in [0.1, 0.15) is 31.4 Å². The van der Waals surface area contributed by atoms with Crippen LogP contribution in [-0.4, -0.2) is 38.4 Å². The van der Waals surface area contributed by atoms with Crippen molar-refractivity contribution in [1.29, 1.82) is 0 Å². The molecular formula is C12H21N5OS. The van der Waals surface area contributed by atoms with Crippen LogP contribution >= 0.6 is 11.8 Å². The minimum Gasteiger partial charge on any atom is -0.352 e. The molecule has 0 aromatic carbocycles. The molecule has 2 unspecified atom stereocenters. The van der Waals surface area contributed by atoms with Crippen LogP contribution in [0.2, 0.25) is 0 Å². The van der Waals surface area contributed by atoms with Crippen LogP contribution in [0, 0.1) is 0 Å². The smallest absolute Gasteiger partial charge is 0.242 e. The minimum atomic E-state index is 0.000208. The molecule has 7 heteroatoms. The van der Waals surface area contributed by atoms with Gasteiger partial charge in [0, 0.05) is 17.8 Å². The monoisotopic (exact) mass is 283 g/mol. The third-order valence-electron chi connectivity index (χ3n) is 3.43. The lowest BCUT2D eigenvalue weighted by molar-refractivity contribution is -0.122. The molecule has 3 N–H and O–H groups in total. The van der Waals surface area contributed by atoms with Crippen molar-refractivity contribution < 1.29 is 4.79 Å². The van der Waals surface area contributed by atoms with Gasteiger partial charge >= 0.3 is 0 Å². The maximum atomic E-state index is 11.9. The van der Waals surface area contributed by atoms with Crippen molar-refractivity contribution in [3.05, 3.63) is 11.9 Å². The van der Waals surface area contributed by atoms with Gasteiger partial charge in [0.2, 0.25) is 5.91 Å². The average molecular weight is 283 g/mol. The molecule has 1 aromatic heterocycles. The Hall–Kier alpha value is -1.08. The van der Waals surface area contributed by atoms with Gasteiger partial charge in [0.25, 0.3) is 0 Å². The van der Waals surface area contributed by atoms with E-state index in [0.29, 0.717) is 23.5 Å². The molecule has 0 saturated heterocycles. The standard InChI is InChI=1S/C12H21N5OS/c1-19-11-4-2-3-9(5-11)14-12(18)8-17-7-10(6-13)15-16-17/h7,9,11H,2-6,8,13H2,1H3,(H,14,18). The highest BCUT2D eigenvalue weighted by Gasteiger charge is 2.22. The summed E-state index contributed by atoms with van der Waals surface area (Å²) in [6.07, 6.45) is 8.45. The SMILES string of the molecule is CSC1CCCC(NC(=O)Cn2cc(CN)nn2)C1. The Bertz CT molecular complexity index is 422. The van der Waals surface area contributed by atoms with E-state index in [0.717, 1.165) is 12.8 Å². The number of rotatable bonds is 5. The summed E-state index contributed by atoms with van der Waals surface area (Å²) in [5, 5.41) is 11.5. The Balaban J connectivity index is 1.80. The fraction of sp³-hybridized carbons (Fsp3) is 0.750. The van der Waals surface area contributed by atoms with Crippen LogP contribution in [-0.2, 0) is 17.9 Å². The predicted molar refractivity (Wildman–Crippen MR) is 75.6 cm³/mol. The Morgan fingerprint density at radius 1 is 1.63 bits per heavy atom. The van der Waals surface area contributed by atoms with Gasteiger partial charge in [-0.15, -0.1) is 5.10 Å². The molecule has 1 aliphatic rings. The molecule has 2 rings (SSSR count). The van der Waals surface area contributed by atoms with E-state index in [4.69, 9.17) is 5.73 Å². The summed E-state index contributed by atoms with van der Waals surface area (Å²) in [5.41, 5.74) is 6.16. The number of hydrogen-bond donors (Lipinski definition) is 2. The molecule has 19 heavy (non-hydrogen) atoms. The van der Waals surface area contributed by atoms with Crippen molar-refractivity contribution in [2.24, 2.45) is 5.73 Å². The largest absolute Gasteiger partial charge is 0.352 e. The number of thioether (sulfide) groups is 1. The zero-order valence-electron chi connectivity index (χ0n) is 11.2. The zero-order valence-corrected chi connectivity index (χ0v) is 12.0. The van der Waals surface area contributed by atoms with E-state index in [1.807, 2.05) is 11.8 Å². The Morgan fingerprint density at radius 2 is 2.47 bits per heavy atom. The third-order valence-corrected chi connectivity index (χ3v) is 4.52. The lowest BCUT2D eigenvalue weighted by Gasteiger charge is -2.28. The van der Waals surface area contributed by atoms with Gasteiger partial charge in [-0.25, -0.2) is 4.68 Å². The van der Waals surface area contributed by atoms with E-state index in [1.165, 1.54) is 17.5 Å². The number of amides is 1. The lowest BCUT2D eigenvalue weighted by atomic mass is 9.95. The van der Waals surface area contributed by atoms with Crippen molar-refractivity contribution in [2.75, 3.05) is 6.26 Å². The molecule has 0 spiro atoms. The summed E-state index contributed by atoms with van der Waals surface area (Å²) in [6.45, 7) is 0.563. The number of carbonyl (C=O) groups excluding carboxylic acids is 1. The van der Waals surface area contributed by atoms with E-state index < -0.39 is 0 Å². The molecule has 2 atom stereocenters. The fourth-order valence-electron chi connectivity index (χ4n) is 2.42. The van der Waals surface area contributed by atoms with Crippen molar-refractivity contribution in [3.63, 3.8) is 0 Å². The van der Waals surface area contributed by atoms with E-state index in [-0.39, 0.29) is 12.5 Å². The normalized spacial score (nSPS) is 23.3. The van der Waals surface area contributed by atoms with Gasteiger partial charge in [-0.1, -0.05) is 11.6 Å². The zero-order chi connectivity index (χ0) is 13.7. The van der Waals surface area contributed by atoms with Crippen LogP contribution in [0.4, 0.5) is 0 Å². The maximum absolute atomic E-state index is 11.9. The maximum Gasteiger partial charge on any atom is 0.242 e. The first-order valence-corrected chi connectivity index (χ1v) is 7.91. The molecule has 6 nitrogen and oxygen atoms in total. The van der Waals surface area contributed by atoms with Crippen LogP contribution in [0.15, 0.2) is 6.20 Å². The predicted octanol–water partition coefficient (Wildman–Crippen LogP) is 0.527. The van der Waals surface area contributed by atoms with Crippen LogP contribution < -0.4 is 11.1 Å². The second-order valence-corrected chi connectivity index (χ2v) is 6.04. The highest BCUT2D eigenvalue weighted by atomic mass is 32.2. The Morgan fingerprint density at radius 3 is 3.16 bits per heavy atom. The first-order valence-electron chi connectivity index (χ1n) is 6.62. The molecule has 0 radical (unpaired) electrons. The van der Waals surface area contributed by atoms with Gasteiger partial charge in [0.1, 0.15) is 6.54 Å². The number of hydrogen-bond acceptors (Lipinski definition) is 5. The van der Waals surface area contributed by atoms with Crippen molar-refractivity contribution in [2.45, 2.75) is 50.1 Å². The molecule has 106 valence electrons. The molecular weight excluding hydrogens is 262 g/mol. The molecule has 1 saturated carbocycles. The molecule has 1 aromatic rings. The quantitative estimate of drug-likeness (QED) is 0.823. The molecule has 1 fully saturated rings. The van der Waals surface area contributed by atoms with Gasteiger partial charge < -0.3 is 11.1 Å². The number of nitrogens with two attached hydrogens (primary N) is 1. The second-order valence-electron chi connectivity index (χ2n) is 4.90. The van der Waals surface area contributed by atoms with Gasteiger partial charge in [0.05, 0.1) is 11.9 Å². The summed E-state index contributed by atoms with van der Waals surface area (Å²) in [4.78, 5) is 11.9. The van der Waals surface area contributed by atoms with Crippen LogP contribution in [0.5, 0.6) is 0 Å². The molecule has 1 aliphatic carbocycles. The van der Waals surface area contributed by atoms with Gasteiger partial charge in [-0.05, 0) is 25.5 Å². The number of nitrogens with zero attached hydrogens (tertiary/aromatic N) is 3. The van der Waals surface area contributed by atoms with Crippen LogP contribution in [0.3, 0.4) is 0 Å². The molecule has 0 bridgehead atoms. The van der Waals surface area contributed by atoms with Crippen molar-refractivity contribution in [1.82, 2.24) is 20.3 Å². The highest BCUT2D eigenvalue weighted by Crippen LogP contribution is 2.26. The number of carbonyl (C=O) groups is 1. The first-order chi connectivity index (χ1) is 9.21. The van der Waals surface area contributed by atoms with E-state index in [1.54, 1.807) is 6.20 Å². The van der Waals surface area contributed by atoms with Crippen molar-refractivity contribution in [3.8, 4) is 0 Å². The third kappa shape index (κ3) is 4.21. The summed E-state index contributed by atoms with van der Waals surface area (Å²) in [5.74, 6) is 0.000208. The van der Waals surface area contributed by atoms with Gasteiger partial charge in [-0.3, -0.25) is 4.79 Å². The fourth-order valence-corrected chi connectivity index (χ4v) is 3.25. The lowest BCUT2D eigenvalue weighted by Crippen LogP contribution is -2.40. The second kappa shape index (κ2) is 6.91. The average Bonchev–Trinajstić information content (AvgIpc) is 2.86. The Labute approximate surface area is 117 Å². The molecule has 1 heterocycles. The molecule has 0 aliphatic heterocycles. The van der Waals surface area contributed by atoms with Gasteiger partial charge in [-0.2, -0.15) is 11.8 Å². The summed E-state index contributed by atoms with van der Waals surface area (Å²) >= 11 is 1.89. The van der Waals surface area contributed by atoms with Crippen LogP contribution in [0.25, 0.3) is 0 Å². The van der Waals surface area contributed by atoms with Gasteiger partial charge in [0.15, 0.2) is 0 Å². The van der Waals surface area contributed by atoms with E-state index in [9.17, 15) is 4.79 Å². The molecule has 1 amide bonds. The highest BCUT2D eigenvalue weighted by molar-refractivity contribution is 7.99. The summed E-state index contributed by atoms with van der Waals surface area (Å²) < 4.78 is 1.53. The summed E-state index contributed by atoms with van der Waals surface area (Å²) in [6, 6.07) is 0.302. The Kier molecular flexibility index (Phi) is 5.21.